The van der Waals surface area contributed by atoms with Gasteiger partial charge in [0.05, 0.1) is 19.7 Å². The molecule has 0 spiro atoms. The average molecular weight is 448 g/mol. The van der Waals surface area contributed by atoms with Crippen molar-refractivity contribution in [1.29, 1.82) is 0 Å². The predicted molar refractivity (Wildman–Crippen MR) is 122 cm³/mol. The van der Waals surface area contributed by atoms with Crippen LogP contribution in [0.15, 0.2) is 72.9 Å². The molecule has 1 heterocycles. The molecule has 0 atom stereocenters. The third-order valence-electron chi connectivity index (χ3n) is 4.82. The highest BCUT2D eigenvalue weighted by Crippen LogP contribution is 2.36. The van der Waals surface area contributed by atoms with Crippen LogP contribution in [0.4, 0.5) is 14.9 Å². The first-order valence-electron chi connectivity index (χ1n) is 10.0. The number of rotatable bonds is 7. The van der Waals surface area contributed by atoms with Gasteiger partial charge in [0, 0.05) is 23.3 Å². The number of carbonyl (C=O) groups excluding carboxylic acids is 1. The van der Waals surface area contributed by atoms with Crippen molar-refractivity contribution < 1.29 is 28.1 Å². The van der Waals surface area contributed by atoms with Crippen LogP contribution in [0.25, 0.3) is 10.9 Å². The molecule has 0 unspecified atom stereocenters. The highest BCUT2D eigenvalue weighted by molar-refractivity contribution is 5.88. The molecule has 1 N–H and O–H groups in total. The summed E-state index contributed by atoms with van der Waals surface area (Å²) >= 11 is 0. The normalized spacial score (nSPS) is 10.5. The van der Waals surface area contributed by atoms with Gasteiger partial charge in [-0.15, -0.1) is 0 Å². The fourth-order valence-electron chi connectivity index (χ4n) is 3.15. The van der Waals surface area contributed by atoms with Gasteiger partial charge >= 0.3 is 6.09 Å². The van der Waals surface area contributed by atoms with Gasteiger partial charge in [-0.1, -0.05) is 12.1 Å². The Kier molecular flexibility index (Phi) is 6.54. The number of methoxy groups -OCH3 is 2. The summed E-state index contributed by atoms with van der Waals surface area (Å²) in [5, 5.41) is 3.41. The molecule has 0 aliphatic rings. The second-order valence-corrected chi connectivity index (χ2v) is 6.99. The second kappa shape index (κ2) is 9.86. The third kappa shape index (κ3) is 5.30. The zero-order valence-corrected chi connectivity index (χ0v) is 18.0. The summed E-state index contributed by atoms with van der Waals surface area (Å²) in [5.74, 6) is 1.98. The molecule has 0 aliphatic heterocycles. The lowest BCUT2D eigenvalue weighted by molar-refractivity contribution is 0.155. The van der Waals surface area contributed by atoms with E-state index in [1.54, 1.807) is 68.9 Å². The third-order valence-corrected chi connectivity index (χ3v) is 4.82. The van der Waals surface area contributed by atoms with Crippen molar-refractivity contribution in [3.8, 4) is 23.0 Å². The molecule has 0 saturated heterocycles. The molecule has 3 aromatic carbocycles. The van der Waals surface area contributed by atoms with Gasteiger partial charge in [0.1, 0.15) is 23.9 Å². The number of carbonyl (C=O) groups is 1. The van der Waals surface area contributed by atoms with Gasteiger partial charge in [-0.3, -0.25) is 10.3 Å². The average Bonchev–Trinajstić information content (AvgIpc) is 2.84. The summed E-state index contributed by atoms with van der Waals surface area (Å²) in [4.78, 5) is 16.4. The molecule has 1 amide bonds. The van der Waals surface area contributed by atoms with Gasteiger partial charge in [0.2, 0.25) is 0 Å². The van der Waals surface area contributed by atoms with E-state index in [4.69, 9.17) is 18.9 Å². The minimum absolute atomic E-state index is 0.0384. The molecule has 0 aliphatic carbocycles. The minimum atomic E-state index is -0.617. The number of hydrogen-bond acceptors (Lipinski definition) is 6. The van der Waals surface area contributed by atoms with E-state index in [9.17, 15) is 9.18 Å². The molecule has 0 radical (unpaired) electrons. The molecule has 168 valence electrons. The SMILES string of the molecule is COc1cc2nccc(Oc3ccc(NC(=O)OCc4ccc(F)cc4)cc3)c2cc1OC. The fourth-order valence-corrected chi connectivity index (χ4v) is 3.15. The number of nitrogens with one attached hydrogen (secondary N) is 1. The molecular formula is C25H21FN2O5. The van der Waals surface area contributed by atoms with Crippen LogP contribution in [-0.4, -0.2) is 25.3 Å². The molecule has 1 aromatic heterocycles. The molecular weight excluding hydrogens is 427 g/mol. The first-order chi connectivity index (χ1) is 16.1. The first-order valence-corrected chi connectivity index (χ1v) is 10.0. The maximum atomic E-state index is 12.9. The number of fused-ring (bicyclic) bond motifs is 1. The predicted octanol–water partition coefficient (Wildman–Crippen LogP) is 5.93. The van der Waals surface area contributed by atoms with E-state index in [0.29, 0.717) is 39.8 Å². The number of amides is 1. The molecule has 0 fully saturated rings. The van der Waals surface area contributed by atoms with Crippen LogP contribution in [0.5, 0.6) is 23.0 Å². The van der Waals surface area contributed by atoms with Crippen molar-refractivity contribution in [2.75, 3.05) is 19.5 Å². The second-order valence-electron chi connectivity index (χ2n) is 6.99. The van der Waals surface area contributed by atoms with Gasteiger partial charge in [0.25, 0.3) is 0 Å². The Bertz CT molecular complexity index is 1260. The molecule has 0 saturated carbocycles. The lowest BCUT2D eigenvalue weighted by Crippen LogP contribution is -2.13. The van der Waals surface area contributed by atoms with E-state index < -0.39 is 6.09 Å². The molecule has 7 nitrogen and oxygen atoms in total. The molecule has 33 heavy (non-hydrogen) atoms. The molecule has 8 heteroatoms. The maximum absolute atomic E-state index is 12.9. The van der Waals surface area contributed by atoms with E-state index in [-0.39, 0.29) is 12.4 Å². The summed E-state index contributed by atoms with van der Waals surface area (Å²) in [5.41, 5.74) is 1.93. The number of halogens is 1. The van der Waals surface area contributed by atoms with Crippen molar-refractivity contribution in [3.05, 3.63) is 84.3 Å². The van der Waals surface area contributed by atoms with Gasteiger partial charge in [-0.25, -0.2) is 9.18 Å². The van der Waals surface area contributed by atoms with Crippen LogP contribution in [0.2, 0.25) is 0 Å². The van der Waals surface area contributed by atoms with E-state index in [1.807, 2.05) is 6.07 Å². The maximum Gasteiger partial charge on any atom is 0.411 e. The van der Waals surface area contributed by atoms with Crippen molar-refractivity contribution >= 4 is 22.7 Å². The minimum Gasteiger partial charge on any atom is -0.493 e. The number of nitrogens with zero attached hydrogens (tertiary/aromatic N) is 1. The Balaban J connectivity index is 1.41. The van der Waals surface area contributed by atoms with E-state index in [2.05, 4.69) is 10.3 Å². The number of aromatic nitrogens is 1. The smallest absolute Gasteiger partial charge is 0.411 e. The van der Waals surface area contributed by atoms with Crippen LogP contribution < -0.4 is 19.5 Å². The number of hydrogen-bond donors (Lipinski definition) is 1. The standard InChI is InChI=1S/C25H21FN2O5/c1-30-23-13-20-21(14-24(23)31-2)27-12-11-22(20)33-19-9-7-18(8-10-19)28-25(29)32-15-16-3-5-17(26)6-4-16/h3-14H,15H2,1-2H3,(H,28,29). The Morgan fingerprint density at radius 3 is 2.30 bits per heavy atom. The number of pyridine rings is 1. The highest BCUT2D eigenvalue weighted by atomic mass is 19.1. The summed E-state index contributed by atoms with van der Waals surface area (Å²) in [7, 11) is 3.13. The van der Waals surface area contributed by atoms with Crippen LogP contribution in [0.3, 0.4) is 0 Å². The summed E-state index contributed by atoms with van der Waals surface area (Å²) in [6, 6.07) is 17.9. The Morgan fingerprint density at radius 2 is 1.61 bits per heavy atom. The molecule has 0 bridgehead atoms. The Hall–Kier alpha value is -4.33. The van der Waals surface area contributed by atoms with Crippen LogP contribution >= 0.6 is 0 Å². The first kappa shape index (κ1) is 21.9. The van der Waals surface area contributed by atoms with Crippen LogP contribution in [0, 0.1) is 5.82 Å². The van der Waals surface area contributed by atoms with Crippen LogP contribution in [0.1, 0.15) is 5.56 Å². The quantitative estimate of drug-likeness (QED) is 0.377. The number of benzene rings is 3. The van der Waals surface area contributed by atoms with Gasteiger partial charge in [-0.05, 0) is 54.1 Å². The van der Waals surface area contributed by atoms with Crippen molar-refractivity contribution in [2.24, 2.45) is 0 Å². The lowest BCUT2D eigenvalue weighted by Gasteiger charge is -2.12. The number of ether oxygens (including phenoxy) is 4. The highest BCUT2D eigenvalue weighted by Gasteiger charge is 2.12. The number of anilines is 1. The monoisotopic (exact) mass is 448 g/mol. The largest absolute Gasteiger partial charge is 0.493 e. The zero-order chi connectivity index (χ0) is 23.2. The Labute approximate surface area is 189 Å². The summed E-state index contributed by atoms with van der Waals surface area (Å²) < 4.78 is 34.8. The van der Waals surface area contributed by atoms with Gasteiger partial charge in [-0.2, -0.15) is 0 Å². The van der Waals surface area contributed by atoms with Crippen molar-refractivity contribution in [2.45, 2.75) is 6.61 Å². The Morgan fingerprint density at radius 1 is 0.909 bits per heavy atom. The summed E-state index contributed by atoms with van der Waals surface area (Å²) in [6.07, 6.45) is 1.03. The molecule has 4 rings (SSSR count). The topological polar surface area (TPSA) is 78.9 Å². The zero-order valence-electron chi connectivity index (χ0n) is 18.0. The molecule has 4 aromatic rings. The van der Waals surface area contributed by atoms with E-state index in [0.717, 1.165) is 5.39 Å². The van der Waals surface area contributed by atoms with Crippen molar-refractivity contribution in [1.82, 2.24) is 4.98 Å². The lowest BCUT2D eigenvalue weighted by atomic mass is 10.2. The van der Waals surface area contributed by atoms with Crippen molar-refractivity contribution in [3.63, 3.8) is 0 Å². The van der Waals surface area contributed by atoms with E-state index >= 15 is 0 Å². The summed E-state index contributed by atoms with van der Waals surface area (Å²) in [6.45, 7) is 0.0384. The van der Waals surface area contributed by atoms with E-state index in [1.165, 1.54) is 12.1 Å². The fraction of sp³-hybridized carbons (Fsp3) is 0.120. The van der Waals surface area contributed by atoms with Gasteiger partial charge in [0.15, 0.2) is 11.5 Å². The van der Waals surface area contributed by atoms with Gasteiger partial charge < -0.3 is 18.9 Å². The van der Waals surface area contributed by atoms with Crippen LogP contribution in [-0.2, 0) is 11.3 Å².